The highest BCUT2D eigenvalue weighted by Gasteiger charge is 2.47. The lowest BCUT2D eigenvalue weighted by atomic mass is 9.85. The van der Waals surface area contributed by atoms with Gasteiger partial charge < -0.3 is 15.3 Å². The molecule has 6 heteroatoms. The number of carboxylic acid groups (broad SMARTS) is 1. The highest BCUT2D eigenvalue weighted by atomic mass is 32.2. The molecule has 19 heavy (non-hydrogen) atoms. The summed E-state index contributed by atoms with van der Waals surface area (Å²) in [4.78, 5) is 24.5. The Labute approximate surface area is 119 Å². The normalized spacial score (nSPS) is 26.4. The van der Waals surface area contributed by atoms with Crippen molar-refractivity contribution in [3.63, 3.8) is 0 Å². The molecule has 1 amide bonds. The summed E-state index contributed by atoms with van der Waals surface area (Å²) in [6, 6.07) is 0. The van der Waals surface area contributed by atoms with E-state index in [1.165, 1.54) is 0 Å². The molecule has 1 fully saturated rings. The molecule has 1 rings (SSSR count). The maximum atomic E-state index is 11.5. The van der Waals surface area contributed by atoms with Crippen LogP contribution in [-0.2, 0) is 9.59 Å². The zero-order valence-electron chi connectivity index (χ0n) is 11.9. The molecule has 0 spiro atoms. The summed E-state index contributed by atoms with van der Waals surface area (Å²) >= 11 is 1.59. The molecule has 2 atom stereocenters. The number of nitrogens with one attached hydrogen (secondary N) is 1. The largest absolute Gasteiger partial charge is 0.480 e. The van der Waals surface area contributed by atoms with Gasteiger partial charge in [0.15, 0.2) is 0 Å². The van der Waals surface area contributed by atoms with Gasteiger partial charge in [0, 0.05) is 14.1 Å². The van der Waals surface area contributed by atoms with Gasteiger partial charge in [-0.1, -0.05) is 6.42 Å². The SMILES string of the molecule is CNC1(C(=O)O)CCCC1CCSCC(=O)N(C)C. The third-order valence-electron chi connectivity index (χ3n) is 3.98. The summed E-state index contributed by atoms with van der Waals surface area (Å²) in [5, 5.41) is 12.4. The summed E-state index contributed by atoms with van der Waals surface area (Å²) in [6.07, 6.45) is 3.46. The minimum atomic E-state index is -0.758. The Balaban J connectivity index is 2.40. The second-order valence-corrected chi connectivity index (χ2v) is 6.35. The monoisotopic (exact) mass is 288 g/mol. The molecule has 0 bridgehead atoms. The number of thioether (sulfide) groups is 1. The van der Waals surface area contributed by atoms with Gasteiger partial charge in [0.2, 0.25) is 5.91 Å². The average molecular weight is 288 g/mol. The lowest BCUT2D eigenvalue weighted by Gasteiger charge is -2.31. The zero-order chi connectivity index (χ0) is 14.5. The molecule has 0 radical (unpaired) electrons. The standard InChI is InChI=1S/C13H24N2O3S/c1-14-13(12(17)18)7-4-5-10(13)6-8-19-9-11(16)15(2)3/h10,14H,4-9H2,1-3H3,(H,17,18). The minimum Gasteiger partial charge on any atom is -0.480 e. The van der Waals surface area contributed by atoms with Gasteiger partial charge in [-0.3, -0.25) is 9.59 Å². The number of amides is 1. The number of hydrogen-bond acceptors (Lipinski definition) is 4. The van der Waals surface area contributed by atoms with Gasteiger partial charge in [-0.25, -0.2) is 0 Å². The van der Waals surface area contributed by atoms with Crippen molar-refractivity contribution < 1.29 is 14.7 Å². The van der Waals surface area contributed by atoms with Crippen LogP contribution in [0.1, 0.15) is 25.7 Å². The third-order valence-corrected chi connectivity index (χ3v) is 4.96. The van der Waals surface area contributed by atoms with E-state index in [0.29, 0.717) is 12.2 Å². The number of hydrogen-bond donors (Lipinski definition) is 2. The minimum absolute atomic E-state index is 0.106. The van der Waals surface area contributed by atoms with E-state index in [1.807, 2.05) is 0 Å². The molecule has 0 saturated heterocycles. The molecule has 0 aliphatic heterocycles. The van der Waals surface area contributed by atoms with E-state index in [4.69, 9.17) is 0 Å². The fourth-order valence-electron chi connectivity index (χ4n) is 2.70. The van der Waals surface area contributed by atoms with E-state index >= 15 is 0 Å². The lowest BCUT2D eigenvalue weighted by molar-refractivity contribution is -0.146. The Kier molecular flexibility index (Phi) is 6.13. The number of carbonyl (C=O) groups is 2. The molecule has 0 aromatic rings. The number of carboxylic acids is 1. The predicted octanol–water partition coefficient (Wildman–Crippen LogP) is 1.04. The van der Waals surface area contributed by atoms with E-state index in [0.717, 1.165) is 25.0 Å². The quantitative estimate of drug-likeness (QED) is 0.685. The van der Waals surface area contributed by atoms with E-state index in [-0.39, 0.29) is 11.8 Å². The Morgan fingerprint density at radius 2 is 2.16 bits per heavy atom. The average Bonchev–Trinajstić information content (AvgIpc) is 2.78. The summed E-state index contributed by atoms with van der Waals surface area (Å²) in [6.45, 7) is 0. The fourth-order valence-corrected chi connectivity index (χ4v) is 3.73. The maximum absolute atomic E-state index is 11.5. The summed E-state index contributed by atoms with van der Waals surface area (Å²) in [5.74, 6) is 0.832. The third kappa shape index (κ3) is 3.86. The summed E-state index contributed by atoms with van der Waals surface area (Å²) in [5.41, 5.74) is -0.758. The van der Waals surface area contributed by atoms with Crippen LogP contribution >= 0.6 is 11.8 Å². The molecule has 2 unspecified atom stereocenters. The van der Waals surface area contributed by atoms with E-state index in [1.54, 1.807) is 37.8 Å². The van der Waals surface area contributed by atoms with Gasteiger partial charge in [0.05, 0.1) is 5.75 Å². The molecule has 1 aliphatic rings. The van der Waals surface area contributed by atoms with Crippen molar-refractivity contribution in [1.82, 2.24) is 10.2 Å². The highest BCUT2D eigenvalue weighted by molar-refractivity contribution is 7.99. The van der Waals surface area contributed by atoms with Crippen LogP contribution in [0.25, 0.3) is 0 Å². The molecule has 1 saturated carbocycles. The van der Waals surface area contributed by atoms with E-state index in [2.05, 4.69) is 5.32 Å². The molecule has 5 nitrogen and oxygen atoms in total. The molecule has 0 heterocycles. The van der Waals surface area contributed by atoms with Gasteiger partial charge in [-0.05, 0) is 38.0 Å². The van der Waals surface area contributed by atoms with Crippen molar-refractivity contribution in [2.75, 3.05) is 32.6 Å². The van der Waals surface area contributed by atoms with Crippen LogP contribution in [0.2, 0.25) is 0 Å². The number of likely N-dealkylation sites (N-methyl/N-ethyl adjacent to an activating group) is 1. The molecular weight excluding hydrogens is 264 g/mol. The number of rotatable bonds is 7. The van der Waals surface area contributed by atoms with Crippen molar-refractivity contribution in [2.45, 2.75) is 31.2 Å². The molecular formula is C13H24N2O3S. The topological polar surface area (TPSA) is 69.6 Å². The maximum Gasteiger partial charge on any atom is 0.324 e. The first kappa shape index (κ1) is 16.3. The smallest absolute Gasteiger partial charge is 0.324 e. The fraction of sp³-hybridized carbons (Fsp3) is 0.846. The Morgan fingerprint density at radius 3 is 2.68 bits per heavy atom. The molecule has 110 valence electrons. The Bertz CT molecular complexity index is 336. The number of carbonyl (C=O) groups excluding carboxylic acids is 1. The summed E-state index contributed by atoms with van der Waals surface area (Å²) in [7, 11) is 5.22. The lowest BCUT2D eigenvalue weighted by Crippen LogP contribution is -2.53. The number of nitrogens with zero attached hydrogens (tertiary/aromatic N) is 1. The van der Waals surface area contributed by atoms with Gasteiger partial charge in [-0.15, -0.1) is 0 Å². The second-order valence-electron chi connectivity index (χ2n) is 5.25. The van der Waals surface area contributed by atoms with Gasteiger partial charge >= 0.3 is 5.97 Å². The van der Waals surface area contributed by atoms with Crippen LogP contribution < -0.4 is 5.32 Å². The Morgan fingerprint density at radius 1 is 1.47 bits per heavy atom. The van der Waals surface area contributed by atoms with Crippen molar-refractivity contribution >= 4 is 23.6 Å². The van der Waals surface area contributed by atoms with Gasteiger partial charge in [0.25, 0.3) is 0 Å². The molecule has 1 aliphatic carbocycles. The summed E-state index contributed by atoms with van der Waals surface area (Å²) < 4.78 is 0. The van der Waals surface area contributed by atoms with Crippen molar-refractivity contribution in [1.29, 1.82) is 0 Å². The van der Waals surface area contributed by atoms with Crippen LogP contribution in [0, 0.1) is 5.92 Å². The predicted molar refractivity (Wildman–Crippen MR) is 77.4 cm³/mol. The molecule has 0 aromatic heterocycles. The first-order chi connectivity index (χ1) is 8.94. The first-order valence-corrected chi connectivity index (χ1v) is 7.79. The highest BCUT2D eigenvalue weighted by Crippen LogP contribution is 2.38. The van der Waals surface area contributed by atoms with E-state index in [9.17, 15) is 14.7 Å². The van der Waals surface area contributed by atoms with E-state index < -0.39 is 11.5 Å². The van der Waals surface area contributed by atoms with Crippen LogP contribution in [0.4, 0.5) is 0 Å². The van der Waals surface area contributed by atoms with Crippen LogP contribution in [0.15, 0.2) is 0 Å². The van der Waals surface area contributed by atoms with Gasteiger partial charge in [0.1, 0.15) is 5.54 Å². The van der Waals surface area contributed by atoms with Crippen LogP contribution in [0.5, 0.6) is 0 Å². The second kappa shape index (κ2) is 7.14. The van der Waals surface area contributed by atoms with Crippen molar-refractivity contribution in [2.24, 2.45) is 5.92 Å². The van der Waals surface area contributed by atoms with Gasteiger partial charge in [-0.2, -0.15) is 11.8 Å². The van der Waals surface area contributed by atoms with Crippen LogP contribution in [-0.4, -0.2) is 60.1 Å². The van der Waals surface area contributed by atoms with Crippen molar-refractivity contribution in [3.05, 3.63) is 0 Å². The number of aliphatic carboxylic acids is 1. The van der Waals surface area contributed by atoms with Crippen LogP contribution in [0.3, 0.4) is 0 Å². The molecule has 2 N–H and O–H groups in total. The first-order valence-electron chi connectivity index (χ1n) is 6.64. The Hall–Kier alpha value is -0.750. The molecule has 0 aromatic carbocycles. The van der Waals surface area contributed by atoms with Crippen molar-refractivity contribution in [3.8, 4) is 0 Å². The zero-order valence-corrected chi connectivity index (χ0v) is 12.8.